The summed E-state index contributed by atoms with van der Waals surface area (Å²) in [4.78, 5) is 2.82. The molecule has 1 aliphatic rings. The molecule has 0 saturated carbocycles. The van der Waals surface area contributed by atoms with Crippen molar-refractivity contribution in [2.75, 3.05) is 0 Å². The monoisotopic (exact) mass is 163 g/mol. The van der Waals surface area contributed by atoms with E-state index in [0.717, 1.165) is 11.3 Å². The van der Waals surface area contributed by atoms with Crippen LogP contribution in [-0.4, -0.2) is 0 Å². The summed E-state index contributed by atoms with van der Waals surface area (Å²) in [6.45, 7) is 0. The number of hydrogen-bond acceptors (Lipinski definition) is 2. The Morgan fingerprint density at radius 1 is 1.18 bits per heavy atom. The van der Waals surface area contributed by atoms with Crippen molar-refractivity contribution in [3.8, 4) is 0 Å². The van der Waals surface area contributed by atoms with Crippen LogP contribution in [0.25, 0.3) is 5.70 Å². The predicted molar refractivity (Wildman–Crippen MR) is 47.3 cm³/mol. The zero-order valence-electron chi connectivity index (χ0n) is 5.82. The highest BCUT2D eigenvalue weighted by Gasteiger charge is 2.06. The van der Waals surface area contributed by atoms with Crippen LogP contribution in [0.5, 0.6) is 0 Å². The maximum absolute atomic E-state index is 4.08. The summed E-state index contributed by atoms with van der Waals surface area (Å²) >= 11 is 1.50. The molecule has 0 aromatic heterocycles. The largest absolute Gasteiger partial charge is 0.190 e. The summed E-state index contributed by atoms with van der Waals surface area (Å²) < 4.78 is 0. The summed E-state index contributed by atoms with van der Waals surface area (Å²) in [5.41, 5.74) is 6.25. The lowest BCUT2D eigenvalue weighted by atomic mass is 10.2. The van der Waals surface area contributed by atoms with Crippen molar-refractivity contribution in [2.45, 2.75) is 0 Å². The average Bonchev–Trinajstić information content (AvgIpc) is 2.58. The molecule has 2 rings (SSSR count). The van der Waals surface area contributed by atoms with Crippen molar-refractivity contribution in [1.29, 1.82) is 0 Å². The third-order valence-corrected chi connectivity index (χ3v) is 2.00. The summed E-state index contributed by atoms with van der Waals surface area (Å²) in [7, 11) is 0. The minimum Gasteiger partial charge on any atom is -0.190 e. The predicted octanol–water partition coefficient (Wildman–Crippen LogP) is 1.76. The molecule has 1 radical (unpaired) electrons. The second kappa shape index (κ2) is 2.98. The number of nitrogens with one attached hydrogen (secondary N) is 1. The van der Waals surface area contributed by atoms with E-state index in [-0.39, 0.29) is 0 Å². The maximum atomic E-state index is 4.08. The van der Waals surface area contributed by atoms with E-state index in [1.54, 1.807) is 0 Å². The molecular formula is C8H7N2S. The highest BCUT2D eigenvalue weighted by atomic mass is 32.2. The topological polar surface area (TPSA) is 26.1 Å². The first-order chi connectivity index (χ1) is 5.47. The maximum Gasteiger partial charge on any atom is 0.0932 e. The lowest BCUT2D eigenvalue weighted by Gasteiger charge is -1.97. The zero-order chi connectivity index (χ0) is 7.52. The average molecular weight is 163 g/mol. The molecule has 0 bridgehead atoms. The van der Waals surface area contributed by atoms with Crippen LogP contribution in [0.2, 0.25) is 0 Å². The minimum atomic E-state index is 1.01. The molecule has 11 heavy (non-hydrogen) atoms. The van der Waals surface area contributed by atoms with E-state index < -0.39 is 0 Å². The molecule has 55 valence electrons. The quantitative estimate of drug-likeness (QED) is 0.638. The van der Waals surface area contributed by atoms with Crippen LogP contribution in [0, 0.1) is 0 Å². The number of benzene rings is 1. The van der Waals surface area contributed by atoms with Gasteiger partial charge in [0.2, 0.25) is 0 Å². The van der Waals surface area contributed by atoms with Gasteiger partial charge in [-0.25, -0.2) is 0 Å². The fraction of sp³-hybridized carbons (Fsp3) is 0. The van der Waals surface area contributed by atoms with Crippen LogP contribution < -0.4 is 10.3 Å². The first-order valence-corrected chi connectivity index (χ1v) is 4.22. The minimum absolute atomic E-state index is 1.01. The summed E-state index contributed by atoms with van der Waals surface area (Å²) in [6, 6.07) is 10.1. The third-order valence-electron chi connectivity index (χ3n) is 1.46. The van der Waals surface area contributed by atoms with Crippen molar-refractivity contribution < 1.29 is 0 Å². The Balaban J connectivity index is 2.29. The first kappa shape index (κ1) is 6.76. The third kappa shape index (κ3) is 1.39. The molecule has 0 spiro atoms. The van der Waals surface area contributed by atoms with E-state index in [1.807, 2.05) is 35.7 Å². The molecule has 0 unspecified atom stereocenters. The summed E-state index contributed by atoms with van der Waals surface area (Å²) in [5.74, 6) is 0. The fourth-order valence-corrected chi connectivity index (χ4v) is 1.43. The smallest absolute Gasteiger partial charge is 0.0932 e. The Labute approximate surface area is 69.8 Å². The van der Waals surface area contributed by atoms with Crippen molar-refractivity contribution in [1.82, 2.24) is 10.3 Å². The van der Waals surface area contributed by atoms with Gasteiger partial charge in [0, 0.05) is 11.0 Å². The second-order valence-electron chi connectivity index (χ2n) is 2.19. The highest BCUT2D eigenvalue weighted by molar-refractivity contribution is 8.00. The molecule has 1 aliphatic heterocycles. The van der Waals surface area contributed by atoms with Gasteiger partial charge in [0.15, 0.2) is 0 Å². The Morgan fingerprint density at radius 2 is 2.00 bits per heavy atom. The molecule has 1 aromatic carbocycles. The van der Waals surface area contributed by atoms with Crippen molar-refractivity contribution in [2.24, 2.45) is 0 Å². The van der Waals surface area contributed by atoms with Crippen molar-refractivity contribution in [3.63, 3.8) is 0 Å². The second-order valence-corrected chi connectivity index (χ2v) is 2.84. The number of hydrogen-bond donors (Lipinski definition) is 1. The molecule has 0 fully saturated rings. The van der Waals surface area contributed by atoms with Gasteiger partial charge >= 0.3 is 0 Å². The molecule has 0 amide bonds. The van der Waals surface area contributed by atoms with Gasteiger partial charge in [-0.05, 0) is 11.9 Å². The van der Waals surface area contributed by atoms with Gasteiger partial charge in [-0.15, -0.1) is 0 Å². The zero-order valence-corrected chi connectivity index (χ0v) is 6.64. The van der Waals surface area contributed by atoms with Crippen LogP contribution in [0.4, 0.5) is 0 Å². The Kier molecular flexibility index (Phi) is 1.83. The van der Waals surface area contributed by atoms with E-state index in [0.29, 0.717) is 0 Å². The lowest BCUT2D eigenvalue weighted by molar-refractivity contribution is 0.897. The molecular weight excluding hydrogens is 156 g/mol. The Hall–Kier alpha value is -0.930. The van der Waals surface area contributed by atoms with Gasteiger partial charge in [0.25, 0.3) is 0 Å². The van der Waals surface area contributed by atoms with E-state index >= 15 is 0 Å². The van der Waals surface area contributed by atoms with Gasteiger partial charge in [0.05, 0.1) is 5.70 Å². The van der Waals surface area contributed by atoms with E-state index in [4.69, 9.17) is 0 Å². The molecule has 1 N–H and O–H groups in total. The SMILES string of the molecule is C1=C(c2ccccc2)[N]NS1. The van der Waals surface area contributed by atoms with Gasteiger partial charge < -0.3 is 0 Å². The molecule has 0 aliphatic carbocycles. The van der Waals surface area contributed by atoms with Crippen LogP contribution in [0.15, 0.2) is 35.7 Å². The fourth-order valence-electron chi connectivity index (χ4n) is 0.926. The van der Waals surface area contributed by atoms with Crippen molar-refractivity contribution in [3.05, 3.63) is 41.3 Å². The van der Waals surface area contributed by atoms with Gasteiger partial charge in [-0.1, -0.05) is 30.3 Å². The normalized spacial score (nSPS) is 15.8. The van der Waals surface area contributed by atoms with Crippen LogP contribution in [-0.2, 0) is 0 Å². The highest BCUT2D eigenvalue weighted by Crippen LogP contribution is 2.19. The first-order valence-electron chi connectivity index (χ1n) is 3.34. The molecule has 2 nitrogen and oxygen atoms in total. The Bertz CT molecular complexity index is 269. The summed E-state index contributed by atoms with van der Waals surface area (Å²) in [5, 5.41) is 2.00. The Morgan fingerprint density at radius 3 is 2.64 bits per heavy atom. The van der Waals surface area contributed by atoms with Crippen LogP contribution in [0.1, 0.15) is 5.56 Å². The van der Waals surface area contributed by atoms with Crippen molar-refractivity contribution >= 4 is 17.6 Å². The van der Waals surface area contributed by atoms with E-state index in [9.17, 15) is 0 Å². The van der Waals surface area contributed by atoms with Gasteiger partial charge in [-0.3, -0.25) is 0 Å². The molecule has 0 atom stereocenters. The van der Waals surface area contributed by atoms with Gasteiger partial charge in [-0.2, -0.15) is 10.3 Å². The molecule has 1 aromatic rings. The van der Waals surface area contributed by atoms with E-state index in [1.165, 1.54) is 11.9 Å². The summed E-state index contributed by atoms with van der Waals surface area (Å²) in [6.07, 6.45) is 0. The number of rotatable bonds is 1. The van der Waals surface area contributed by atoms with Crippen LogP contribution in [0.3, 0.4) is 0 Å². The van der Waals surface area contributed by atoms with Crippen LogP contribution >= 0.6 is 11.9 Å². The number of nitrogens with zero attached hydrogens (tertiary/aromatic N) is 1. The molecule has 0 saturated heterocycles. The van der Waals surface area contributed by atoms with E-state index in [2.05, 4.69) is 10.3 Å². The lowest BCUT2D eigenvalue weighted by Crippen LogP contribution is -2.08. The molecule has 1 heterocycles. The van der Waals surface area contributed by atoms with Gasteiger partial charge in [0.1, 0.15) is 0 Å². The standard InChI is InChI=1S/C8H7N2S/c1-2-4-7(5-3-1)8-6-11-10-9-8/h1-6,10H. The molecule has 3 heteroatoms.